The maximum absolute atomic E-state index is 10.9. The Balaban J connectivity index is 2.30. The van der Waals surface area contributed by atoms with Crippen molar-refractivity contribution in [3.05, 3.63) is 46.0 Å². The van der Waals surface area contributed by atoms with E-state index in [9.17, 15) is 4.21 Å². The van der Waals surface area contributed by atoms with Crippen LogP contribution >= 0.6 is 27.5 Å². The summed E-state index contributed by atoms with van der Waals surface area (Å²) in [5, 5.41) is 0.459. The second-order valence-electron chi connectivity index (χ2n) is 3.24. The number of hydrogen-bond acceptors (Lipinski definition) is 3. The predicted octanol–water partition coefficient (Wildman–Crippen LogP) is 3.87. The highest BCUT2D eigenvalue weighted by Crippen LogP contribution is 2.32. The monoisotopic (exact) mass is 347 g/mol. The van der Waals surface area contributed by atoms with Crippen molar-refractivity contribution in [1.82, 2.24) is 4.98 Å². The molecule has 94 valence electrons. The van der Waals surface area contributed by atoms with E-state index in [4.69, 9.17) is 20.9 Å². The molecule has 1 aromatic heterocycles. The Morgan fingerprint density at radius 3 is 2.72 bits per heavy atom. The van der Waals surface area contributed by atoms with Crippen LogP contribution in [-0.2, 0) is 11.1 Å². The van der Waals surface area contributed by atoms with Crippen molar-refractivity contribution in [3.63, 3.8) is 0 Å². The lowest BCUT2D eigenvalue weighted by atomic mass is 10.3. The highest BCUT2D eigenvalue weighted by atomic mass is 79.9. The van der Waals surface area contributed by atoms with Gasteiger partial charge >= 0.3 is 0 Å². The van der Waals surface area contributed by atoms with Crippen molar-refractivity contribution >= 4 is 38.6 Å². The van der Waals surface area contributed by atoms with Gasteiger partial charge in [0.2, 0.25) is 5.88 Å². The Morgan fingerprint density at radius 1 is 1.39 bits per heavy atom. The minimum absolute atomic E-state index is 0.188. The SMILES string of the molecule is O=S(O)c1cnc(Oc2ccccc2Cl)c(Br)c1. The van der Waals surface area contributed by atoms with E-state index in [1.165, 1.54) is 12.3 Å². The standard InChI is InChI=1S/C11H7BrClNO3S/c12-8-5-7(18(15)16)6-14-11(8)17-10-4-2-1-3-9(10)13/h1-6H,(H,15,16). The van der Waals surface area contributed by atoms with Crippen LogP contribution < -0.4 is 4.74 Å². The molecule has 0 aliphatic heterocycles. The fourth-order valence-corrected chi connectivity index (χ4v) is 2.33. The second-order valence-corrected chi connectivity index (χ2v) is 5.47. The van der Waals surface area contributed by atoms with Gasteiger partial charge in [-0.05, 0) is 34.1 Å². The van der Waals surface area contributed by atoms with E-state index in [0.29, 0.717) is 15.2 Å². The normalized spacial score (nSPS) is 12.2. The molecule has 7 heteroatoms. The van der Waals surface area contributed by atoms with E-state index in [-0.39, 0.29) is 10.8 Å². The summed E-state index contributed by atoms with van der Waals surface area (Å²) in [6.45, 7) is 0. The molecule has 1 N–H and O–H groups in total. The number of rotatable bonds is 3. The molecule has 0 amide bonds. The lowest BCUT2D eigenvalue weighted by molar-refractivity contribution is 0.458. The van der Waals surface area contributed by atoms with Gasteiger partial charge in [0.25, 0.3) is 0 Å². The van der Waals surface area contributed by atoms with E-state index in [1.807, 2.05) is 0 Å². The Morgan fingerprint density at radius 2 is 2.11 bits per heavy atom. The molecule has 2 rings (SSSR count). The number of benzene rings is 1. The average molecular weight is 349 g/mol. The van der Waals surface area contributed by atoms with Crippen LogP contribution in [0.15, 0.2) is 45.9 Å². The lowest BCUT2D eigenvalue weighted by Crippen LogP contribution is -1.94. The summed E-state index contributed by atoms with van der Waals surface area (Å²) in [6.07, 6.45) is 1.27. The quantitative estimate of drug-likeness (QED) is 0.855. The van der Waals surface area contributed by atoms with Gasteiger partial charge in [0.15, 0.2) is 11.1 Å². The van der Waals surface area contributed by atoms with Gasteiger partial charge in [-0.25, -0.2) is 9.19 Å². The first-order valence-corrected chi connectivity index (χ1v) is 7.04. The Hall–Kier alpha value is -0.950. The highest BCUT2D eigenvalue weighted by Gasteiger charge is 2.10. The van der Waals surface area contributed by atoms with Crippen molar-refractivity contribution < 1.29 is 13.5 Å². The smallest absolute Gasteiger partial charge is 0.233 e. The molecule has 0 radical (unpaired) electrons. The van der Waals surface area contributed by atoms with Crippen LogP contribution in [0.25, 0.3) is 0 Å². The first-order valence-electron chi connectivity index (χ1n) is 4.76. The van der Waals surface area contributed by atoms with Gasteiger partial charge in [-0.3, -0.25) is 0 Å². The van der Waals surface area contributed by atoms with E-state index in [2.05, 4.69) is 20.9 Å². The molecule has 4 nitrogen and oxygen atoms in total. The van der Waals surface area contributed by atoms with Gasteiger partial charge < -0.3 is 9.29 Å². The molecule has 0 fully saturated rings. The molecular formula is C11H7BrClNO3S. The molecule has 0 saturated heterocycles. The molecule has 0 bridgehead atoms. The van der Waals surface area contributed by atoms with Crippen LogP contribution in [0, 0.1) is 0 Å². The Bertz CT molecular complexity index is 609. The number of para-hydroxylation sites is 1. The van der Waals surface area contributed by atoms with Crippen molar-refractivity contribution in [2.24, 2.45) is 0 Å². The Kier molecular flexibility index (Phi) is 4.34. The van der Waals surface area contributed by atoms with E-state index < -0.39 is 11.1 Å². The fourth-order valence-electron chi connectivity index (χ4n) is 1.21. The number of pyridine rings is 1. The molecule has 0 spiro atoms. The third-order valence-corrected chi connectivity index (χ3v) is 3.53. The second kappa shape index (κ2) is 5.79. The van der Waals surface area contributed by atoms with Gasteiger partial charge in [0.05, 0.1) is 14.4 Å². The summed E-state index contributed by atoms with van der Waals surface area (Å²) in [6, 6.07) is 8.44. The number of halogens is 2. The predicted molar refractivity (Wildman–Crippen MR) is 72.5 cm³/mol. The van der Waals surface area contributed by atoms with E-state index >= 15 is 0 Å². The topological polar surface area (TPSA) is 59.4 Å². The van der Waals surface area contributed by atoms with Gasteiger partial charge in [0.1, 0.15) is 5.75 Å². The minimum atomic E-state index is -2.07. The molecule has 1 heterocycles. The number of ether oxygens (including phenoxy) is 1. The third kappa shape index (κ3) is 3.08. The van der Waals surface area contributed by atoms with Crippen LogP contribution in [0.1, 0.15) is 0 Å². The molecule has 2 aromatic rings. The zero-order valence-corrected chi connectivity index (χ0v) is 12.0. The van der Waals surface area contributed by atoms with Crippen molar-refractivity contribution in [2.45, 2.75) is 4.90 Å². The first-order chi connectivity index (χ1) is 8.58. The number of nitrogens with zero attached hydrogens (tertiary/aromatic N) is 1. The van der Waals surface area contributed by atoms with Crippen molar-refractivity contribution in [3.8, 4) is 11.6 Å². The van der Waals surface area contributed by atoms with Gasteiger partial charge in [-0.2, -0.15) is 0 Å². The largest absolute Gasteiger partial charge is 0.436 e. The zero-order valence-electron chi connectivity index (χ0n) is 8.84. The van der Waals surface area contributed by atoms with Crippen LogP contribution in [0.3, 0.4) is 0 Å². The molecular weight excluding hydrogens is 342 g/mol. The summed E-state index contributed by atoms with van der Waals surface area (Å²) < 4.78 is 25.8. The Labute approximate surface area is 119 Å². The molecule has 1 aromatic carbocycles. The average Bonchev–Trinajstić information content (AvgIpc) is 2.34. The summed E-state index contributed by atoms with van der Waals surface area (Å²) in [4.78, 5) is 4.14. The van der Waals surface area contributed by atoms with E-state index in [0.717, 1.165) is 0 Å². The van der Waals surface area contributed by atoms with Crippen LogP contribution in [-0.4, -0.2) is 13.7 Å². The van der Waals surface area contributed by atoms with Crippen LogP contribution in [0.4, 0.5) is 0 Å². The van der Waals surface area contributed by atoms with Gasteiger partial charge in [-0.1, -0.05) is 23.7 Å². The molecule has 0 aliphatic carbocycles. The van der Waals surface area contributed by atoms with Crippen molar-refractivity contribution in [1.29, 1.82) is 0 Å². The molecule has 0 saturated carbocycles. The summed E-state index contributed by atoms with van der Waals surface area (Å²) in [5.74, 6) is 0.738. The van der Waals surface area contributed by atoms with Crippen LogP contribution in [0.2, 0.25) is 5.02 Å². The lowest BCUT2D eigenvalue weighted by Gasteiger charge is -2.08. The third-order valence-electron chi connectivity index (χ3n) is 2.03. The van der Waals surface area contributed by atoms with Crippen molar-refractivity contribution in [2.75, 3.05) is 0 Å². The zero-order chi connectivity index (χ0) is 13.1. The maximum atomic E-state index is 10.9. The molecule has 1 atom stereocenters. The highest BCUT2D eigenvalue weighted by molar-refractivity contribution is 9.10. The van der Waals surface area contributed by atoms with Crippen LogP contribution in [0.5, 0.6) is 11.6 Å². The molecule has 0 aliphatic rings. The summed E-state index contributed by atoms with van der Waals surface area (Å²) in [5.41, 5.74) is 0. The number of hydrogen-bond donors (Lipinski definition) is 1. The molecule has 1 unspecified atom stereocenters. The number of aromatic nitrogens is 1. The maximum Gasteiger partial charge on any atom is 0.233 e. The fraction of sp³-hybridized carbons (Fsp3) is 0. The van der Waals surface area contributed by atoms with Gasteiger partial charge in [0, 0.05) is 6.20 Å². The molecule has 18 heavy (non-hydrogen) atoms. The summed E-state index contributed by atoms with van der Waals surface area (Å²) >= 11 is 7.10. The van der Waals surface area contributed by atoms with E-state index in [1.54, 1.807) is 24.3 Å². The first kappa shape index (κ1) is 13.5. The van der Waals surface area contributed by atoms with Gasteiger partial charge in [-0.15, -0.1) is 0 Å². The minimum Gasteiger partial charge on any atom is -0.436 e. The summed E-state index contributed by atoms with van der Waals surface area (Å²) in [7, 11) is 0.